The van der Waals surface area contributed by atoms with E-state index < -0.39 is 4.92 Å². The van der Waals surface area contributed by atoms with E-state index in [4.69, 9.17) is 0 Å². The quantitative estimate of drug-likeness (QED) is 0.629. The highest BCUT2D eigenvalue weighted by Gasteiger charge is 2.15. The van der Waals surface area contributed by atoms with Crippen LogP contribution in [-0.4, -0.2) is 23.4 Å². The molecule has 6 heteroatoms. The van der Waals surface area contributed by atoms with E-state index in [1.165, 1.54) is 25.0 Å². The molecule has 1 aromatic carbocycles. The van der Waals surface area contributed by atoms with Crippen LogP contribution in [0.25, 0.3) is 0 Å². The Kier molecular flexibility index (Phi) is 4.46. The first-order chi connectivity index (χ1) is 9.15. The summed E-state index contributed by atoms with van der Waals surface area (Å²) in [5, 5.41) is 16.5. The van der Waals surface area contributed by atoms with E-state index in [1.54, 1.807) is 12.1 Å². The normalized spacial score (nSPS) is 15.4. The van der Waals surface area contributed by atoms with Crippen molar-refractivity contribution < 1.29 is 9.72 Å². The maximum absolute atomic E-state index is 11.7. The zero-order chi connectivity index (χ0) is 13.7. The molecule has 0 aromatic heterocycles. The second kappa shape index (κ2) is 6.29. The van der Waals surface area contributed by atoms with Gasteiger partial charge in [-0.25, -0.2) is 0 Å². The van der Waals surface area contributed by atoms with Crippen molar-refractivity contribution in [3.63, 3.8) is 0 Å². The van der Waals surface area contributed by atoms with Crippen LogP contribution in [0.15, 0.2) is 24.3 Å². The fourth-order valence-electron chi connectivity index (χ4n) is 2.27. The number of anilines is 1. The highest BCUT2D eigenvalue weighted by molar-refractivity contribution is 5.92. The third-order valence-electron chi connectivity index (χ3n) is 3.25. The van der Waals surface area contributed by atoms with Gasteiger partial charge < -0.3 is 10.6 Å². The van der Waals surface area contributed by atoms with Crippen LogP contribution < -0.4 is 10.6 Å². The van der Waals surface area contributed by atoms with Gasteiger partial charge in [0.1, 0.15) is 0 Å². The van der Waals surface area contributed by atoms with Gasteiger partial charge in [0.05, 0.1) is 11.5 Å². The number of carbonyl (C=O) groups is 1. The SMILES string of the molecule is O=C(CNC1CCCC1)Nc1cccc([N+](=O)[O-])c1. The number of amides is 1. The Hall–Kier alpha value is -1.95. The molecule has 0 unspecified atom stereocenters. The van der Waals surface area contributed by atoms with Crippen molar-refractivity contribution in [1.82, 2.24) is 5.32 Å². The monoisotopic (exact) mass is 263 g/mol. The molecule has 6 nitrogen and oxygen atoms in total. The summed E-state index contributed by atoms with van der Waals surface area (Å²) in [5.41, 5.74) is 0.425. The zero-order valence-electron chi connectivity index (χ0n) is 10.6. The summed E-state index contributed by atoms with van der Waals surface area (Å²) >= 11 is 0. The lowest BCUT2D eigenvalue weighted by Crippen LogP contribution is -2.34. The van der Waals surface area contributed by atoms with Crippen LogP contribution in [0, 0.1) is 10.1 Å². The molecule has 2 N–H and O–H groups in total. The fourth-order valence-corrected chi connectivity index (χ4v) is 2.27. The molecule has 0 saturated heterocycles. The van der Waals surface area contributed by atoms with E-state index in [0.717, 1.165) is 12.8 Å². The molecule has 0 aliphatic heterocycles. The number of nitro groups is 1. The molecule has 1 aliphatic carbocycles. The first kappa shape index (κ1) is 13.5. The molecule has 0 radical (unpaired) electrons. The summed E-state index contributed by atoms with van der Waals surface area (Å²) in [6.07, 6.45) is 4.66. The Morgan fingerprint density at radius 2 is 2.11 bits per heavy atom. The molecular formula is C13H17N3O3. The van der Waals surface area contributed by atoms with Crippen LogP contribution in [0.5, 0.6) is 0 Å². The number of non-ortho nitro benzene ring substituents is 1. The minimum absolute atomic E-state index is 0.0263. The van der Waals surface area contributed by atoms with Gasteiger partial charge in [0.25, 0.3) is 5.69 Å². The van der Waals surface area contributed by atoms with Crippen LogP contribution in [0.1, 0.15) is 25.7 Å². The summed E-state index contributed by atoms with van der Waals surface area (Å²) < 4.78 is 0. The molecule has 0 bridgehead atoms. The van der Waals surface area contributed by atoms with Crippen molar-refractivity contribution in [2.24, 2.45) is 0 Å². The number of rotatable bonds is 5. The van der Waals surface area contributed by atoms with Crippen molar-refractivity contribution in [3.8, 4) is 0 Å². The third kappa shape index (κ3) is 4.03. The number of carbonyl (C=O) groups excluding carboxylic acids is 1. The molecule has 0 heterocycles. The predicted octanol–water partition coefficient (Wildman–Crippen LogP) is 2.07. The van der Waals surface area contributed by atoms with Crippen LogP contribution >= 0.6 is 0 Å². The molecule has 1 aliphatic rings. The molecule has 2 rings (SSSR count). The Morgan fingerprint density at radius 1 is 1.37 bits per heavy atom. The first-order valence-electron chi connectivity index (χ1n) is 6.43. The van der Waals surface area contributed by atoms with Gasteiger partial charge >= 0.3 is 0 Å². The largest absolute Gasteiger partial charge is 0.325 e. The predicted molar refractivity (Wildman–Crippen MR) is 72.0 cm³/mol. The molecule has 102 valence electrons. The van der Waals surface area contributed by atoms with Gasteiger partial charge in [-0.1, -0.05) is 18.9 Å². The molecule has 1 aromatic rings. The molecule has 0 atom stereocenters. The van der Waals surface area contributed by atoms with Gasteiger partial charge in [-0.2, -0.15) is 0 Å². The lowest BCUT2D eigenvalue weighted by atomic mass is 10.2. The van der Waals surface area contributed by atoms with Crippen molar-refractivity contribution >= 4 is 17.3 Å². The van der Waals surface area contributed by atoms with E-state index in [9.17, 15) is 14.9 Å². The van der Waals surface area contributed by atoms with Gasteiger partial charge in [-0.15, -0.1) is 0 Å². The minimum Gasteiger partial charge on any atom is -0.325 e. The Labute approximate surface area is 111 Å². The van der Waals surface area contributed by atoms with Crippen molar-refractivity contribution in [2.75, 3.05) is 11.9 Å². The maximum atomic E-state index is 11.7. The molecule has 1 saturated carbocycles. The first-order valence-corrected chi connectivity index (χ1v) is 6.43. The number of nitrogens with one attached hydrogen (secondary N) is 2. The van der Waals surface area contributed by atoms with Gasteiger partial charge in [0, 0.05) is 23.9 Å². The van der Waals surface area contributed by atoms with Crippen molar-refractivity contribution in [1.29, 1.82) is 0 Å². The lowest BCUT2D eigenvalue weighted by molar-refractivity contribution is -0.384. The topological polar surface area (TPSA) is 84.3 Å². The highest BCUT2D eigenvalue weighted by atomic mass is 16.6. The zero-order valence-corrected chi connectivity index (χ0v) is 10.6. The van der Waals surface area contributed by atoms with E-state index >= 15 is 0 Å². The molecule has 0 spiro atoms. The number of nitrogens with zero attached hydrogens (tertiary/aromatic N) is 1. The van der Waals surface area contributed by atoms with Crippen LogP contribution in [0.2, 0.25) is 0 Å². The van der Waals surface area contributed by atoms with Crippen LogP contribution in [0.3, 0.4) is 0 Å². The second-order valence-corrected chi connectivity index (χ2v) is 4.72. The standard InChI is InChI=1S/C13H17N3O3/c17-13(9-14-10-4-1-2-5-10)15-11-6-3-7-12(8-11)16(18)19/h3,6-8,10,14H,1-2,4-5,9H2,(H,15,17). The number of benzene rings is 1. The van der Waals surface area contributed by atoms with E-state index in [0.29, 0.717) is 11.7 Å². The van der Waals surface area contributed by atoms with Gasteiger partial charge in [0.15, 0.2) is 0 Å². The third-order valence-corrected chi connectivity index (χ3v) is 3.25. The molecule has 1 amide bonds. The number of nitro benzene ring substituents is 1. The summed E-state index contributed by atoms with van der Waals surface area (Å²) in [4.78, 5) is 21.8. The minimum atomic E-state index is -0.480. The Bertz CT molecular complexity index is 470. The van der Waals surface area contributed by atoms with E-state index in [-0.39, 0.29) is 18.1 Å². The summed E-state index contributed by atoms with van der Waals surface area (Å²) in [6, 6.07) is 6.37. The summed E-state index contributed by atoms with van der Waals surface area (Å²) in [6.45, 7) is 0.243. The van der Waals surface area contributed by atoms with Gasteiger partial charge in [0.2, 0.25) is 5.91 Å². The highest BCUT2D eigenvalue weighted by Crippen LogP contribution is 2.18. The van der Waals surface area contributed by atoms with Crippen LogP contribution in [-0.2, 0) is 4.79 Å². The van der Waals surface area contributed by atoms with Gasteiger partial charge in [-0.05, 0) is 18.9 Å². The molecule has 1 fully saturated rings. The summed E-state index contributed by atoms with van der Waals surface area (Å²) in [5.74, 6) is -0.174. The molecular weight excluding hydrogens is 246 g/mol. The summed E-state index contributed by atoms with van der Waals surface area (Å²) in [7, 11) is 0. The van der Waals surface area contributed by atoms with Crippen molar-refractivity contribution in [2.45, 2.75) is 31.7 Å². The molecule has 19 heavy (non-hydrogen) atoms. The number of hydrogen-bond acceptors (Lipinski definition) is 4. The Balaban J connectivity index is 1.84. The van der Waals surface area contributed by atoms with E-state index in [2.05, 4.69) is 10.6 Å². The smallest absolute Gasteiger partial charge is 0.271 e. The number of hydrogen-bond donors (Lipinski definition) is 2. The average molecular weight is 263 g/mol. The second-order valence-electron chi connectivity index (χ2n) is 4.72. The van der Waals surface area contributed by atoms with Crippen LogP contribution in [0.4, 0.5) is 11.4 Å². The van der Waals surface area contributed by atoms with E-state index in [1.807, 2.05) is 0 Å². The van der Waals surface area contributed by atoms with Crippen molar-refractivity contribution in [3.05, 3.63) is 34.4 Å². The van der Waals surface area contributed by atoms with Gasteiger partial charge in [-0.3, -0.25) is 14.9 Å². The Morgan fingerprint density at radius 3 is 2.79 bits per heavy atom. The lowest BCUT2D eigenvalue weighted by Gasteiger charge is -2.11. The fraction of sp³-hybridized carbons (Fsp3) is 0.462. The average Bonchev–Trinajstić information content (AvgIpc) is 2.90. The maximum Gasteiger partial charge on any atom is 0.271 e.